The van der Waals surface area contributed by atoms with Crippen LogP contribution in [0.1, 0.15) is 44.9 Å². The van der Waals surface area contributed by atoms with Gasteiger partial charge in [0.05, 0.1) is 5.69 Å². The fraction of sp³-hybridized carbons (Fsp3) is 0.524. The molecule has 2 aromatic rings. The molecule has 0 radical (unpaired) electrons. The van der Waals surface area contributed by atoms with Crippen molar-refractivity contribution in [2.24, 2.45) is 0 Å². The highest BCUT2D eigenvalue weighted by molar-refractivity contribution is 7.99. The average Bonchev–Trinajstić information content (AvgIpc) is 3.49. The number of anilines is 1. The molecule has 1 aromatic heterocycles. The fourth-order valence-corrected chi connectivity index (χ4v) is 5.10. The number of carbonyl (C=O) groups is 2. The van der Waals surface area contributed by atoms with Gasteiger partial charge in [-0.1, -0.05) is 42.3 Å². The van der Waals surface area contributed by atoms with Crippen LogP contribution >= 0.6 is 23.4 Å². The van der Waals surface area contributed by atoms with E-state index < -0.39 is 6.03 Å². The molecule has 2 fully saturated rings. The lowest BCUT2D eigenvalue weighted by atomic mass is 10.2. The molecule has 2 aliphatic rings. The van der Waals surface area contributed by atoms with E-state index in [1.807, 2.05) is 28.8 Å². The summed E-state index contributed by atoms with van der Waals surface area (Å²) in [5.41, 5.74) is 0.891. The van der Waals surface area contributed by atoms with Gasteiger partial charge in [0.1, 0.15) is 0 Å². The maximum atomic E-state index is 12.2. The molecule has 3 amide bonds. The zero-order valence-electron chi connectivity index (χ0n) is 17.3. The molecule has 1 saturated carbocycles. The zero-order valence-corrected chi connectivity index (χ0v) is 18.9. The quantitative estimate of drug-likeness (QED) is 0.608. The topological polar surface area (TPSA) is 92.2 Å². The van der Waals surface area contributed by atoms with E-state index in [4.69, 9.17) is 11.6 Å². The molecule has 10 heteroatoms. The second kappa shape index (κ2) is 10.4. The van der Waals surface area contributed by atoms with Crippen LogP contribution in [0.2, 0.25) is 5.02 Å². The van der Waals surface area contributed by atoms with Gasteiger partial charge in [0.2, 0.25) is 11.9 Å². The first kappa shape index (κ1) is 22.0. The van der Waals surface area contributed by atoms with Gasteiger partial charge in [-0.05, 0) is 43.9 Å². The van der Waals surface area contributed by atoms with E-state index in [1.165, 1.54) is 11.8 Å². The molecular weight excluding hydrogens is 436 g/mol. The minimum atomic E-state index is -0.402. The number of amides is 3. The summed E-state index contributed by atoms with van der Waals surface area (Å²) in [4.78, 5) is 26.4. The van der Waals surface area contributed by atoms with Crippen LogP contribution in [0.3, 0.4) is 0 Å². The smallest absolute Gasteiger partial charge is 0.321 e. The molecule has 2 N–H and O–H groups in total. The SMILES string of the molecule is O=C(CCSc1nnc(N2CCCC2)n1-c1cccc(Cl)c1)NC(=O)NC1CCCC1. The summed E-state index contributed by atoms with van der Waals surface area (Å²) in [5.74, 6) is 0.987. The van der Waals surface area contributed by atoms with Crippen LogP contribution in [-0.4, -0.2) is 51.6 Å². The van der Waals surface area contributed by atoms with Crippen LogP contribution in [0.5, 0.6) is 0 Å². The lowest BCUT2D eigenvalue weighted by Gasteiger charge is -2.18. The van der Waals surface area contributed by atoms with Gasteiger partial charge in [-0.3, -0.25) is 14.7 Å². The van der Waals surface area contributed by atoms with Crippen molar-refractivity contribution in [1.29, 1.82) is 0 Å². The minimum absolute atomic E-state index is 0.183. The molecule has 4 rings (SSSR count). The molecule has 2 heterocycles. The number of imide groups is 1. The Bertz CT molecular complexity index is 924. The predicted molar refractivity (Wildman–Crippen MR) is 122 cm³/mol. The summed E-state index contributed by atoms with van der Waals surface area (Å²) in [5, 5.41) is 15.4. The van der Waals surface area contributed by atoms with E-state index in [0.29, 0.717) is 15.9 Å². The van der Waals surface area contributed by atoms with E-state index in [-0.39, 0.29) is 18.4 Å². The molecule has 0 spiro atoms. The summed E-state index contributed by atoms with van der Waals surface area (Å²) < 4.78 is 1.99. The van der Waals surface area contributed by atoms with Crippen LogP contribution in [0.15, 0.2) is 29.4 Å². The van der Waals surface area contributed by atoms with Crippen molar-refractivity contribution in [3.63, 3.8) is 0 Å². The number of thioether (sulfide) groups is 1. The lowest BCUT2D eigenvalue weighted by molar-refractivity contribution is -0.119. The van der Waals surface area contributed by atoms with Gasteiger partial charge in [-0.25, -0.2) is 4.79 Å². The van der Waals surface area contributed by atoms with E-state index >= 15 is 0 Å². The first-order valence-corrected chi connectivity index (χ1v) is 12.2. The van der Waals surface area contributed by atoms with Gasteiger partial charge in [0.25, 0.3) is 0 Å². The lowest BCUT2D eigenvalue weighted by Crippen LogP contribution is -2.43. The molecule has 1 aliphatic heterocycles. The van der Waals surface area contributed by atoms with Gasteiger partial charge < -0.3 is 10.2 Å². The first-order chi connectivity index (χ1) is 15.1. The first-order valence-electron chi connectivity index (χ1n) is 10.8. The third-order valence-corrected chi connectivity index (χ3v) is 6.74. The molecule has 0 bridgehead atoms. The van der Waals surface area contributed by atoms with Crippen LogP contribution in [-0.2, 0) is 4.79 Å². The van der Waals surface area contributed by atoms with Crippen LogP contribution < -0.4 is 15.5 Å². The third-order valence-electron chi connectivity index (χ3n) is 5.58. The van der Waals surface area contributed by atoms with Crippen molar-refractivity contribution in [3.8, 4) is 5.69 Å². The highest BCUT2D eigenvalue weighted by Crippen LogP contribution is 2.29. The highest BCUT2D eigenvalue weighted by Gasteiger charge is 2.23. The number of nitrogens with one attached hydrogen (secondary N) is 2. The summed E-state index contributed by atoms with van der Waals surface area (Å²) in [6, 6.07) is 7.37. The van der Waals surface area contributed by atoms with Gasteiger partial charge in [0.15, 0.2) is 5.16 Å². The number of hydrogen-bond donors (Lipinski definition) is 2. The van der Waals surface area contributed by atoms with Gasteiger partial charge in [-0.2, -0.15) is 0 Å². The summed E-state index contributed by atoms with van der Waals surface area (Å²) in [6.45, 7) is 1.89. The van der Waals surface area contributed by atoms with Crippen molar-refractivity contribution in [2.75, 3.05) is 23.7 Å². The fourth-order valence-electron chi connectivity index (χ4n) is 4.03. The van der Waals surface area contributed by atoms with E-state index in [0.717, 1.165) is 63.3 Å². The average molecular weight is 463 g/mol. The number of hydrogen-bond acceptors (Lipinski definition) is 6. The molecule has 1 saturated heterocycles. The highest BCUT2D eigenvalue weighted by atomic mass is 35.5. The standard InChI is InChI=1S/C21H27ClN6O2S/c22-15-6-5-9-17(14-15)28-20(27-11-3-4-12-27)25-26-21(28)31-13-10-18(29)24-19(30)23-16-7-1-2-8-16/h5-6,9,14,16H,1-4,7-8,10-13H2,(H2,23,24,29,30). The van der Waals surface area contributed by atoms with Crippen LogP contribution in [0.4, 0.5) is 10.7 Å². The maximum absolute atomic E-state index is 12.2. The normalized spacial score (nSPS) is 16.6. The number of benzene rings is 1. The number of carbonyl (C=O) groups excluding carboxylic acids is 2. The Kier molecular flexibility index (Phi) is 7.34. The number of halogens is 1. The second-order valence-electron chi connectivity index (χ2n) is 7.89. The summed E-state index contributed by atoms with van der Waals surface area (Å²) in [6.07, 6.45) is 6.70. The monoisotopic (exact) mass is 462 g/mol. The van der Waals surface area contributed by atoms with Crippen molar-refractivity contribution in [1.82, 2.24) is 25.4 Å². The molecule has 0 unspecified atom stereocenters. The number of aromatic nitrogens is 3. The molecule has 1 aliphatic carbocycles. The molecule has 31 heavy (non-hydrogen) atoms. The molecule has 8 nitrogen and oxygen atoms in total. The van der Waals surface area contributed by atoms with Gasteiger partial charge in [0, 0.05) is 36.3 Å². The molecule has 166 valence electrons. The maximum Gasteiger partial charge on any atom is 0.321 e. The number of urea groups is 1. The van der Waals surface area contributed by atoms with Crippen LogP contribution in [0.25, 0.3) is 5.69 Å². The number of nitrogens with zero attached hydrogens (tertiary/aromatic N) is 4. The van der Waals surface area contributed by atoms with E-state index in [9.17, 15) is 9.59 Å². The minimum Gasteiger partial charge on any atom is -0.341 e. The Morgan fingerprint density at radius 2 is 1.90 bits per heavy atom. The predicted octanol–water partition coefficient (Wildman–Crippen LogP) is 3.77. The number of rotatable bonds is 7. The van der Waals surface area contributed by atoms with Crippen molar-refractivity contribution in [2.45, 2.75) is 56.1 Å². The Morgan fingerprint density at radius 3 is 2.65 bits per heavy atom. The van der Waals surface area contributed by atoms with Crippen LogP contribution in [0, 0.1) is 0 Å². The molecular formula is C21H27ClN6O2S. The van der Waals surface area contributed by atoms with E-state index in [2.05, 4.69) is 25.7 Å². The van der Waals surface area contributed by atoms with E-state index in [1.54, 1.807) is 0 Å². The summed E-state index contributed by atoms with van der Waals surface area (Å²) in [7, 11) is 0. The van der Waals surface area contributed by atoms with Gasteiger partial charge >= 0.3 is 6.03 Å². The zero-order chi connectivity index (χ0) is 21.6. The summed E-state index contributed by atoms with van der Waals surface area (Å²) >= 11 is 7.66. The molecule has 0 atom stereocenters. The Morgan fingerprint density at radius 1 is 1.13 bits per heavy atom. The van der Waals surface area contributed by atoms with Gasteiger partial charge in [-0.15, -0.1) is 10.2 Å². The Labute approximate surface area is 191 Å². The second-order valence-corrected chi connectivity index (χ2v) is 9.39. The Hall–Kier alpha value is -2.26. The molecule has 1 aromatic carbocycles. The van der Waals surface area contributed by atoms with Crippen molar-refractivity contribution < 1.29 is 9.59 Å². The van der Waals surface area contributed by atoms with Crippen molar-refractivity contribution in [3.05, 3.63) is 29.3 Å². The van der Waals surface area contributed by atoms with Crippen molar-refractivity contribution >= 4 is 41.2 Å². The largest absolute Gasteiger partial charge is 0.341 e. The Balaban J connectivity index is 1.37. The third kappa shape index (κ3) is 5.71.